The van der Waals surface area contributed by atoms with Crippen LogP contribution in [0.4, 0.5) is 4.39 Å². The number of halogens is 2. The molecule has 0 aliphatic carbocycles. The van der Waals surface area contributed by atoms with E-state index in [0.717, 1.165) is 0 Å². The molecule has 1 aromatic rings. The van der Waals surface area contributed by atoms with Gasteiger partial charge >= 0.3 is 0 Å². The minimum absolute atomic E-state index is 0.0454. The van der Waals surface area contributed by atoms with Crippen LogP contribution in [0.25, 0.3) is 0 Å². The summed E-state index contributed by atoms with van der Waals surface area (Å²) < 4.78 is 14.2. The van der Waals surface area contributed by atoms with Crippen LogP contribution in [0.15, 0.2) is 22.7 Å². The largest absolute Gasteiger partial charge is 0.386 e. The summed E-state index contributed by atoms with van der Waals surface area (Å²) in [7, 11) is 0. The maximum atomic E-state index is 13.6. The van der Waals surface area contributed by atoms with E-state index in [1.807, 2.05) is 13.8 Å². The number of hydrogen-bond donors (Lipinski definition) is 1. The van der Waals surface area contributed by atoms with Gasteiger partial charge in [0, 0.05) is 4.47 Å². The number of hydrogen-bond acceptors (Lipinski definition) is 2. The lowest BCUT2D eigenvalue weighted by Crippen LogP contribution is -2.66. The Hall–Kier alpha value is -0.940. The maximum absolute atomic E-state index is 13.6. The molecule has 0 bridgehead atoms. The van der Waals surface area contributed by atoms with Crippen LogP contribution in [0.1, 0.15) is 24.2 Å². The summed E-state index contributed by atoms with van der Waals surface area (Å²) >= 11 is 3.15. The summed E-state index contributed by atoms with van der Waals surface area (Å²) in [5, 5.41) is 10.1. The minimum Gasteiger partial charge on any atom is -0.386 e. The van der Waals surface area contributed by atoms with Gasteiger partial charge in [0.1, 0.15) is 11.4 Å². The highest BCUT2D eigenvalue weighted by molar-refractivity contribution is 9.10. The molecule has 1 heterocycles. The second-order valence-corrected chi connectivity index (χ2v) is 5.96. The average molecular weight is 316 g/mol. The number of nitrogens with zero attached hydrogens (tertiary/aromatic N) is 1. The van der Waals surface area contributed by atoms with E-state index in [1.54, 1.807) is 6.07 Å². The minimum atomic E-state index is -0.832. The van der Waals surface area contributed by atoms with Crippen LogP contribution in [-0.4, -0.2) is 34.6 Å². The van der Waals surface area contributed by atoms with E-state index in [1.165, 1.54) is 17.0 Å². The molecular formula is C13H15BrFNO2. The first-order chi connectivity index (χ1) is 8.33. The van der Waals surface area contributed by atoms with Crippen LogP contribution in [0.2, 0.25) is 0 Å². The first kappa shape index (κ1) is 13.5. The Morgan fingerprint density at radius 3 is 2.61 bits per heavy atom. The zero-order chi connectivity index (χ0) is 13.5. The van der Waals surface area contributed by atoms with Crippen molar-refractivity contribution in [3.05, 3.63) is 34.1 Å². The highest BCUT2D eigenvalue weighted by Crippen LogP contribution is 2.30. The molecule has 1 fully saturated rings. The van der Waals surface area contributed by atoms with Crippen molar-refractivity contribution in [1.82, 2.24) is 4.90 Å². The smallest absolute Gasteiger partial charge is 0.257 e. The molecule has 98 valence electrons. The van der Waals surface area contributed by atoms with Crippen molar-refractivity contribution >= 4 is 21.8 Å². The molecule has 5 heteroatoms. The van der Waals surface area contributed by atoms with Gasteiger partial charge in [-0.1, -0.05) is 29.8 Å². The fourth-order valence-electron chi connectivity index (χ4n) is 1.96. The van der Waals surface area contributed by atoms with Gasteiger partial charge in [0.05, 0.1) is 18.7 Å². The maximum Gasteiger partial charge on any atom is 0.257 e. The van der Waals surface area contributed by atoms with E-state index >= 15 is 0 Å². The lowest BCUT2D eigenvalue weighted by molar-refractivity contribution is -0.111. The quantitative estimate of drug-likeness (QED) is 0.910. The molecule has 0 atom stereocenters. The number of aliphatic hydroxyl groups is 1. The zero-order valence-corrected chi connectivity index (χ0v) is 11.9. The Morgan fingerprint density at radius 2 is 2.11 bits per heavy atom. The van der Waals surface area contributed by atoms with E-state index in [4.69, 9.17) is 0 Å². The summed E-state index contributed by atoms with van der Waals surface area (Å²) in [6.07, 6.45) is 0. The first-order valence-electron chi connectivity index (χ1n) is 5.80. The van der Waals surface area contributed by atoms with Gasteiger partial charge in [-0.25, -0.2) is 4.39 Å². The zero-order valence-electron chi connectivity index (χ0n) is 10.3. The summed E-state index contributed by atoms with van der Waals surface area (Å²) in [6, 6.07) is 4.35. The molecule has 2 rings (SSSR count). The molecule has 3 nitrogen and oxygen atoms in total. The predicted molar refractivity (Wildman–Crippen MR) is 69.8 cm³/mol. The Morgan fingerprint density at radius 1 is 1.50 bits per heavy atom. The van der Waals surface area contributed by atoms with Gasteiger partial charge in [-0.2, -0.15) is 0 Å². The second kappa shape index (κ2) is 4.63. The number of benzene rings is 1. The summed E-state index contributed by atoms with van der Waals surface area (Å²) in [5.74, 6) is -0.837. The Bertz CT molecular complexity index is 484. The molecule has 0 unspecified atom stereocenters. The van der Waals surface area contributed by atoms with Gasteiger partial charge in [0.2, 0.25) is 0 Å². The topological polar surface area (TPSA) is 40.5 Å². The van der Waals surface area contributed by atoms with E-state index in [9.17, 15) is 14.3 Å². The van der Waals surface area contributed by atoms with Crippen LogP contribution in [0.3, 0.4) is 0 Å². The number of amides is 1. The fraction of sp³-hybridized carbons (Fsp3) is 0.462. The highest BCUT2D eigenvalue weighted by atomic mass is 79.9. The molecule has 0 saturated carbocycles. The van der Waals surface area contributed by atoms with Gasteiger partial charge in [-0.15, -0.1) is 0 Å². The third-order valence-electron chi connectivity index (χ3n) is 3.45. The van der Waals surface area contributed by atoms with Gasteiger partial charge in [-0.3, -0.25) is 4.79 Å². The molecule has 1 aliphatic heterocycles. The van der Waals surface area contributed by atoms with Crippen molar-refractivity contribution in [3.8, 4) is 0 Å². The van der Waals surface area contributed by atoms with Gasteiger partial charge in [0.15, 0.2) is 0 Å². The molecule has 1 aliphatic rings. The summed E-state index contributed by atoms with van der Waals surface area (Å²) in [4.78, 5) is 13.5. The third kappa shape index (κ3) is 2.29. The number of likely N-dealkylation sites (tertiary alicyclic amines) is 1. The van der Waals surface area contributed by atoms with Crippen LogP contribution in [0, 0.1) is 11.7 Å². The molecule has 1 amide bonds. The molecule has 0 spiro atoms. The Labute approximate surface area is 114 Å². The van der Waals surface area contributed by atoms with Crippen LogP contribution < -0.4 is 0 Å². The van der Waals surface area contributed by atoms with Gasteiger partial charge in [0.25, 0.3) is 5.91 Å². The summed E-state index contributed by atoms with van der Waals surface area (Å²) in [5.41, 5.74) is -0.786. The van der Waals surface area contributed by atoms with E-state index < -0.39 is 11.4 Å². The standard InChI is InChI=1S/C13H15BrFNO2/c1-8(2)13(18)6-16(7-13)12(17)10-4-3-9(14)5-11(10)15/h3-5,8,18H,6-7H2,1-2H3. The van der Waals surface area contributed by atoms with Crippen LogP contribution in [0.5, 0.6) is 0 Å². The number of rotatable bonds is 2. The molecule has 0 radical (unpaired) electrons. The van der Waals surface area contributed by atoms with Crippen molar-refractivity contribution in [2.24, 2.45) is 5.92 Å². The third-order valence-corrected chi connectivity index (χ3v) is 3.95. The second-order valence-electron chi connectivity index (χ2n) is 5.04. The van der Waals surface area contributed by atoms with Crippen molar-refractivity contribution < 1.29 is 14.3 Å². The van der Waals surface area contributed by atoms with E-state index in [-0.39, 0.29) is 30.5 Å². The molecule has 0 aromatic heterocycles. The number of carbonyl (C=O) groups excluding carboxylic acids is 1. The van der Waals surface area contributed by atoms with Crippen molar-refractivity contribution in [3.63, 3.8) is 0 Å². The Balaban J connectivity index is 2.11. The number of β-amino-alcohol motifs (C(OH)–C–C–N with tert-alkyl or cyclic N) is 1. The first-order valence-corrected chi connectivity index (χ1v) is 6.59. The Kier molecular flexibility index (Phi) is 3.47. The lowest BCUT2D eigenvalue weighted by Gasteiger charge is -2.49. The lowest BCUT2D eigenvalue weighted by atomic mass is 9.82. The predicted octanol–water partition coefficient (Wildman–Crippen LogP) is 2.43. The number of carbonyl (C=O) groups is 1. The van der Waals surface area contributed by atoms with Gasteiger partial charge < -0.3 is 10.0 Å². The average Bonchev–Trinajstić information content (AvgIpc) is 2.23. The normalized spacial score (nSPS) is 17.8. The van der Waals surface area contributed by atoms with Crippen molar-refractivity contribution in [2.75, 3.05) is 13.1 Å². The SMILES string of the molecule is CC(C)C1(O)CN(C(=O)c2ccc(Br)cc2F)C1. The van der Waals surface area contributed by atoms with Gasteiger partial charge in [-0.05, 0) is 24.1 Å². The monoisotopic (exact) mass is 315 g/mol. The molecule has 18 heavy (non-hydrogen) atoms. The molecule has 1 aromatic carbocycles. The van der Waals surface area contributed by atoms with Crippen LogP contribution in [-0.2, 0) is 0 Å². The van der Waals surface area contributed by atoms with E-state index in [0.29, 0.717) is 4.47 Å². The van der Waals surface area contributed by atoms with Crippen LogP contribution >= 0.6 is 15.9 Å². The molecule has 1 N–H and O–H groups in total. The van der Waals surface area contributed by atoms with E-state index in [2.05, 4.69) is 15.9 Å². The van der Waals surface area contributed by atoms with Crippen molar-refractivity contribution in [2.45, 2.75) is 19.4 Å². The highest BCUT2D eigenvalue weighted by Gasteiger charge is 2.46. The molecular weight excluding hydrogens is 301 g/mol. The fourth-order valence-corrected chi connectivity index (χ4v) is 2.29. The van der Waals surface area contributed by atoms with Crippen molar-refractivity contribution in [1.29, 1.82) is 0 Å². The summed E-state index contributed by atoms with van der Waals surface area (Å²) in [6.45, 7) is 4.34. The molecule has 1 saturated heterocycles.